The minimum absolute atomic E-state index is 0.246. The van der Waals surface area contributed by atoms with Crippen LogP contribution < -0.4 is 16.4 Å². The van der Waals surface area contributed by atoms with Crippen molar-refractivity contribution in [3.05, 3.63) is 71.7 Å². The number of nitrogen functional groups attached to an aromatic ring is 1. The number of nitrogens with zero attached hydrogens (tertiary/aromatic N) is 3. The number of alkyl halides is 3. The smallest absolute Gasteiger partial charge is 0.382 e. The van der Waals surface area contributed by atoms with Crippen LogP contribution in [-0.4, -0.2) is 20.6 Å². The van der Waals surface area contributed by atoms with Gasteiger partial charge in [-0.3, -0.25) is 0 Å². The third-order valence-electron chi connectivity index (χ3n) is 5.47. The number of hydrogen-bond acceptors (Lipinski definition) is 4. The van der Waals surface area contributed by atoms with Crippen molar-refractivity contribution in [1.29, 1.82) is 0 Å². The van der Waals surface area contributed by atoms with E-state index in [-0.39, 0.29) is 5.69 Å². The molecular weight excluding hydrogens is 445 g/mol. The Morgan fingerprint density at radius 2 is 1.59 bits per heavy atom. The van der Waals surface area contributed by atoms with Gasteiger partial charge in [0.2, 0.25) is 0 Å². The first-order valence-electron chi connectivity index (χ1n) is 10.6. The lowest BCUT2D eigenvalue weighted by Crippen LogP contribution is -2.19. The van der Waals surface area contributed by atoms with Crippen molar-refractivity contribution in [3.8, 4) is 5.69 Å². The fraction of sp³-hybridized carbons (Fsp3) is 0.208. The molecule has 0 atom stereocenters. The van der Waals surface area contributed by atoms with Crippen LogP contribution >= 0.6 is 0 Å². The van der Waals surface area contributed by atoms with E-state index in [4.69, 9.17) is 5.73 Å². The number of carbonyl (C=O) groups excluding carboxylic acids is 1. The lowest BCUT2D eigenvalue weighted by atomic mass is 10.1. The summed E-state index contributed by atoms with van der Waals surface area (Å²) in [6.45, 7) is 4.11. The molecule has 4 N–H and O–H groups in total. The van der Waals surface area contributed by atoms with Crippen LogP contribution in [0.4, 0.5) is 35.2 Å². The van der Waals surface area contributed by atoms with Gasteiger partial charge in [-0.15, -0.1) is 0 Å². The zero-order valence-corrected chi connectivity index (χ0v) is 18.6. The average Bonchev–Trinajstić information content (AvgIpc) is 3.07. The van der Waals surface area contributed by atoms with Crippen molar-refractivity contribution >= 4 is 34.3 Å². The Morgan fingerprint density at radius 1 is 1.00 bits per heavy atom. The Bertz CT molecular complexity index is 1330. The van der Waals surface area contributed by atoms with Gasteiger partial charge in [0.15, 0.2) is 5.82 Å². The highest BCUT2D eigenvalue weighted by Gasteiger charge is 2.30. The van der Waals surface area contributed by atoms with Gasteiger partial charge in [-0.2, -0.15) is 13.2 Å². The Morgan fingerprint density at radius 3 is 2.15 bits per heavy atom. The van der Waals surface area contributed by atoms with Crippen LogP contribution in [0, 0.1) is 6.92 Å². The summed E-state index contributed by atoms with van der Waals surface area (Å²) >= 11 is 0. The second-order valence-electron chi connectivity index (χ2n) is 7.81. The fourth-order valence-corrected chi connectivity index (χ4v) is 3.88. The van der Waals surface area contributed by atoms with Gasteiger partial charge in [0.25, 0.3) is 0 Å². The van der Waals surface area contributed by atoms with E-state index in [9.17, 15) is 18.0 Å². The molecule has 2 aromatic carbocycles. The van der Waals surface area contributed by atoms with E-state index in [0.29, 0.717) is 11.5 Å². The molecule has 0 fully saturated rings. The molecule has 0 aliphatic rings. The number of urea groups is 1. The number of benzene rings is 2. The summed E-state index contributed by atoms with van der Waals surface area (Å²) < 4.78 is 40.1. The van der Waals surface area contributed by atoms with E-state index < -0.39 is 17.8 Å². The van der Waals surface area contributed by atoms with Gasteiger partial charge in [-0.05, 0) is 67.4 Å². The summed E-state index contributed by atoms with van der Waals surface area (Å²) in [7, 11) is 0. The highest BCUT2D eigenvalue weighted by molar-refractivity contribution is 5.99. The predicted molar refractivity (Wildman–Crippen MR) is 126 cm³/mol. The van der Waals surface area contributed by atoms with Gasteiger partial charge in [0.05, 0.1) is 11.1 Å². The minimum Gasteiger partial charge on any atom is -0.382 e. The van der Waals surface area contributed by atoms with E-state index >= 15 is 0 Å². The molecule has 4 aromatic rings. The number of halogens is 3. The molecule has 7 nitrogen and oxygen atoms in total. The molecule has 2 heterocycles. The Balaban J connectivity index is 1.54. The second-order valence-corrected chi connectivity index (χ2v) is 7.81. The highest BCUT2D eigenvalue weighted by Crippen LogP contribution is 2.32. The van der Waals surface area contributed by atoms with E-state index in [2.05, 4.69) is 27.5 Å². The van der Waals surface area contributed by atoms with Crippen LogP contribution in [0.1, 0.15) is 30.2 Å². The average molecular weight is 468 g/mol. The molecule has 2 aromatic heterocycles. The van der Waals surface area contributed by atoms with Crippen LogP contribution in [0.3, 0.4) is 0 Å². The van der Waals surface area contributed by atoms with Crippen molar-refractivity contribution in [2.24, 2.45) is 0 Å². The molecule has 10 heteroatoms. The Labute approximate surface area is 193 Å². The number of amides is 2. The number of nitrogens with one attached hydrogen (secondary N) is 2. The van der Waals surface area contributed by atoms with Gasteiger partial charge < -0.3 is 20.9 Å². The van der Waals surface area contributed by atoms with Crippen LogP contribution in [0.25, 0.3) is 16.7 Å². The van der Waals surface area contributed by atoms with Crippen LogP contribution in [-0.2, 0) is 12.6 Å². The number of hydrogen-bond donors (Lipinski definition) is 3. The number of rotatable bonds is 5. The standard InChI is InChI=1S/C24H23F3N6O/c1-3-4-19-14(2)20-21(22(28)30-13-29-20)33(19)18-11-9-17(10-12-18)32-23(34)31-16-7-5-15(6-8-16)24(25,26)27/h5-13H,3-4H2,1-2H3,(H2,28,29,30)(H2,31,32,34). The lowest BCUT2D eigenvalue weighted by molar-refractivity contribution is -0.137. The predicted octanol–water partition coefficient (Wildman–Crippen LogP) is 5.93. The van der Waals surface area contributed by atoms with Crippen molar-refractivity contribution in [2.45, 2.75) is 32.9 Å². The number of aryl methyl sites for hydroxylation is 1. The molecule has 0 aliphatic carbocycles. The Kier molecular flexibility index (Phi) is 6.14. The first-order valence-corrected chi connectivity index (χ1v) is 10.6. The number of carbonyl (C=O) groups is 1. The summed E-state index contributed by atoms with van der Waals surface area (Å²) in [5.41, 5.74) is 10.7. The maximum atomic E-state index is 12.7. The largest absolute Gasteiger partial charge is 0.416 e. The lowest BCUT2D eigenvalue weighted by Gasteiger charge is -2.13. The summed E-state index contributed by atoms with van der Waals surface area (Å²) in [6.07, 6.45) is -1.21. The van der Waals surface area contributed by atoms with E-state index in [1.807, 2.05) is 23.6 Å². The maximum Gasteiger partial charge on any atom is 0.416 e. The molecule has 0 unspecified atom stereocenters. The summed E-state index contributed by atoms with van der Waals surface area (Å²) in [4.78, 5) is 20.8. The van der Waals surface area contributed by atoms with Gasteiger partial charge >= 0.3 is 12.2 Å². The molecule has 0 aliphatic heterocycles. The van der Waals surface area contributed by atoms with E-state index in [1.54, 1.807) is 12.1 Å². The molecular formula is C24H23F3N6O. The third kappa shape index (κ3) is 4.52. The highest BCUT2D eigenvalue weighted by atomic mass is 19.4. The van der Waals surface area contributed by atoms with Crippen molar-refractivity contribution in [1.82, 2.24) is 14.5 Å². The molecule has 0 radical (unpaired) electrons. The second kappa shape index (κ2) is 9.05. The van der Waals surface area contributed by atoms with E-state index in [1.165, 1.54) is 18.5 Å². The van der Waals surface area contributed by atoms with Gasteiger partial charge in [0, 0.05) is 22.8 Å². The molecule has 0 saturated heterocycles. The Hall–Kier alpha value is -4.08. The van der Waals surface area contributed by atoms with Crippen molar-refractivity contribution < 1.29 is 18.0 Å². The summed E-state index contributed by atoms with van der Waals surface area (Å²) in [5.74, 6) is 0.383. The quantitative estimate of drug-likeness (QED) is 0.338. The minimum atomic E-state index is -4.43. The zero-order chi connectivity index (χ0) is 24.5. The monoisotopic (exact) mass is 468 g/mol. The van der Waals surface area contributed by atoms with E-state index in [0.717, 1.165) is 53.0 Å². The van der Waals surface area contributed by atoms with Gasteiger partial charge in [0.1, 0.15) is 11.8 Å². The zero-order valence-electron chi connectivity index (χ0n) is 18.6. The third-order valence-corrected chi connectivity index (χ3v) is 5.47. The number of anilines is 3. The van der Waals surface area contributed by atoms with Crippen LogP contribution in [0.15, 0.2) is 54.9 Å². The molecule has 176 valence electrons. The SMILES string of the molecule is CCCc1c(C)c2ncnc(N)c2n1-c1ccc(NC(=O)Nc2ccc(C(F)(F)F)cc2)cc1. The normalized spacial score (nSPS) is 11.6. The number of nitrogens with two attached hydrogens (primary N) is 1. The van der Waals surface area contributed by atoms with Crippen LogP contribution in [0.5, 0.6) is 0 Å². The first-order chi connectivity index (χ1) is 16.2. The summed E-state index contributed by atoms with van der Waals surface area (Å²) in [5, 5.41) is 5.20. The van der Waals surface area contributed by atoms with Gasteiger partial charge in [-0.1, -0.05) is 13.3 Å². The summed E-state index contributed by atoms with van der Waals surface area (Å²) in [6, 6.07) is 10.8. The first kappa shape index (κ1) is 23.1. The molecule has 0 bridgehead atoms. The molecule has 34 heavy (non-hydrogen) atoms. The van der Waals surface area contributed by atoms with Crippen molar-refractivity contribution in [2.75, 3.05) is 16.4 Å². The van der Waals surface area contributed by atoms with Gasteiger partial charge in [-0.25, -0.2) is 14.8 Å². The van der Waals surface area contributed by atoms with Crippen LogP contribution in [0.2, 0.25) is 0 Å². The maximum absolute atomic E-state index is 12.7. The molecule has 0 saturated carbocycles. The fourth-order valence-electron chi connectivity index (χ4n) is 3.88. The number of fused-ring (bicyclic) bond motifs is 1. The number of aromatic nitrogens is 3. The topological polar surface area (TPSA) is 97.9 Å². The molecule has 0 spiro atoms. The molecule has 4 rings (SSSR count). The van der Waals surface area contributed by atoms with Crippen molar-refractivity contribution in [3.63, 3.8) is 0 Å². The molecule has 2 amide bonds.